The number of carbonyl (C=O) groups is 2. The second-order valence-electron chi connectivity index (χ2n) is 9.26. The fourth-order valence-corrected chi connectivity index (χ4v) is 5.18. The Morgan fingerprint density at radius 1 is 1.09 bits per heavy atom. The molecule has 7 nitrogen and oxygen atoms in total. The molecule has 2 aliphatic carbocycles. The fraction of sp³-hybridized carbons (Fsp3) is 0.400. The standard InChI is InChI=1S/C25H27N5O2/c31-23(13-17-7-3-6-15-5-1-2-8-18(15)17)27-22-14-21(16-11-12-16)29-30(22)25-26-20-10-4-9-19(20)24(32)28-25/h1-3,5-8,14,16,19-20,25-26H,4,9-13H2,(H,27,31)(H,28,32). The first-order valence-corrected chi connectivity index (χ1v) is 11.6. The van der Waals surface area contributed by atoms with E-state index in [0.717, 1.165) is 54.1 Å². The highest BCUT2D eigenvalue weighted by molar-refractivity contribution is 5.95. The van der Waals surface area contributed by atoms with Crippen molar-refractivity contribution in [1.29, 1.82) is 0 Å². The Kier molecular flexibility index (Phi) is 4.72. The van der Waals surface area contributed by atoms with Gasteiger partial charge in [-0.1, -0.05) is 48.9 Å². The molecular formula is C25H27N5O2. The molecule has 0 spiro atoms. The molecule has 6 rings (SSSR count). The topological polar surface area (TPSA) is 88.1 Å². The van der Waals surface area contributed by atoms with Crippen LogP contribution in [-0.4, -0.2) is 27.6 Å². The van der Waals surface area contributed by atoms with Crippen LogP contribution < -0.4 is 16.0 Å². The normalized spacial score (nSPS) is 24.9. The van der Waals surface area contributed by atoms with E-state index in [9.17, 15) is 9.59 Å². The van der Waals surface area contributed by atoms with Gasteiger partial charge in [0, 0.05) is 18.0 Å². The second kappa shape index (κ2) is 7.74. The van der Waals surface area contributed by atoms with E-state index in [1.165, 1.54) is 0 Å². The molecule has 3 N–H and O–H groups in total. The number of hydrogen-bond acceptors (Lipinski definition) is 4. The number of benzene rings is 2. The first kappa shape index (κ1) is 19.5. The van der Waals surface area contributed by atoms with Crippen LogP contribution in [0.1, 0.15) is 55.6 Å². The van der Waals surface area contributed by atoms with Gasteiger partial charge >= 0.3 is 0 Å². The maximum atomic E-state index is 13.0. The summed E-state index contributed by atoms with van der Waals surface area (Å²) in [6, 6.07) is 16.3. The van der Waals surface area contributed by atoms with Gasteiger partial charge in [-0.3, -0.25) is 14.9 Å². The largest absolute Gasteiger partial charge is 0.322 e. The van der Waals surface area contributed by atoms with Crippen molar-refractivity contribution in [2.45, 2.75) is 56.8 Å². The zero-order valence-electron chi connectivity index (χ0n) is 17.9. The van der Waals surface area contributed by atoms with Gasteiger partial charge in [0.15, 0.2) is 6.29 Å². The third-order valence-electron chi connectivity index (χ3n) is 7.00. The van der Waals surface area contributed by atoms with Gasteiger partial charge in [-0.2, -0.15) is 5.10 Å². The van der Waals surface area contributed by atoms with Crippen LogP contribution in [0.3, 0.4) is 0 Å². The van der Waals surface area contributed by atoms with Gasteiger partial charge in [0.2, 0.25) is 11.8 Å². The lowest BCUT2D eigenvalue weighted by molar-refractivity contribution is -0.130. The molecule has 0 bridgehead atoms. The van der Waals surface area contributed by atoms with Gasteiger partial charge in [-0.25, -0.2) is 4.68 Å². The van der Waals surface area contributed by atoms with E-state index in [0.29, 0.717) is 11.7 Å². The number of nitrogens with one attached hydrogen (secondary N) is 3. The van der Waals surface area contributed by atoms with E-state index in [1.54, 1.807) is 4.68 Å². The van der Waals surface area contributed by atoms with Gasteiger partial charge in [-0.05, 0) is 42.0 Å². The van der Waals surface area contributed by atoms with E-state index < -0.39 is 6.29 Å². The van der Waals surface area contributed by atoms with Crippen molar-refractivity contribution in [3.8, 4) is 0 Å². The molecule has 3 aromatic rings. The number of nitrogens with zero attached hydrogens (tertiary/aromatic N) is 2. The third-order valence-corrected chi connectivity index (χ3v) is 7.00. The van der Waals surface area contributed by atoms with Crippen molar-refractivity contribution in [3.63, 3.8) is 0 Å². The van der Waals surface area contributed by atoms with Gasteiger partial charge < -0.3 is 10.6 Å². The van der Waals surface area contributed by atoms with Crippen molar-refractivity contribution in [1.82, 2.24) is 20.4 Å². The molecule has 3 aliphatic rings. The molecule has 2 saturated carbocycles. The predicted molar refractivity (Wildman–Crippen MR) is 122 cm³/mol. The Hall–Kier alpha value is -3.19. The molecule has 3 atom stereocenters. The summed E-state index contributed by atoms with van der Waals surface area (Å²) in [4.78, 5) is 25.7. The SMILES string of the molecule is O=C(Cc1cccc2ccccc12)Nc1cc(C2CC2)nn1C1NC(=O)C2CCCC2N1. The van der Waals surface area contributed by atoms with Crippen molar-refractivity contribution < 1.29 is 9.59 Å². The van der Waals surface area contributed by atoms with Crippen LogP contribution in [0.4, 0.5) is 5.82 Å². The quantitative estimate of drug-likeness (QED) is 0.580. The Morgan fingerprint density at radius 3 is 2.81 bits per heavy atom. The number of rotatable bonds is 5. The summed E-state index contributed by atoms with van der Waals surface area (Å²) < 4.78 is 1.75. The van der Waals surface area contributed by atoms with E-state index >= 15 is 0 Å². The molecule has 2 aromatic carbocycles. The number of hydrogen-bond donors (Lipinski definition) is 3. The highest BCUT2D eigenvalue weighted by Gasteiger charge is 2.40. The predicted octanol–water partition coefficient (Wildman–Crippen LogP) is 3.44. The molecule has 3 unspecified atom stereocenters. The minimum absolute atomic E-state index is 0.0362. The Labute approximate surface area is 186 Å². The summed E-state index contributed by atoms with van der Waals surface area (Å²) in [6.07, 6.45) is 5.06. The van der Waals surface area contributed by atoms with Crippen LogP contribution in [0.5, 0.6) is 0 Å². The lowest BCUT2D eigenvalue weighted by Crippen LogP contribution is -2.57. The first-order chi connectivity index (χ1) is 15.7. The monoisotopic (exact) mass is 429 g/mol. The zero-order chi connectivity index (χ0) is 21.7. The van der Waals surface area contributed by atoms with Gasteiger partial charge in [0.05, 0.1) is 18.0 Å². The Bertz CT molecular complexity index is 1190. The number of anilines is 1. The Morgan fingerprint density at radius 2 is 1.94 bits per heavy atom. The highest BCUT2D eigenvalue weighted by Crippen LogP contribution is 2.40. The lowest BCUT2D eigenvalue weighted by atomic mass is 10.0. The summed E-state index contributed by atoms with van der Waals surface area (Å²) in [5.41, 5.74) is 1.97. The van der Waals surface area contributed by atoms with Crippen LogP contribution in [-0.2, 0) is 16.0 Å². The van der Waals surface area contributed by atoms with E-state index in [1.807, 2.05) is 36.4 Å². The van der Waals surface area contributed by atoms with Crippen LogP contribution in [0.15, 0.2) is 48.5 Å². The molecule has 164 valence electrons. The van der Waals surface area contributed by atoms with Crippen LogP contribution in [0, 0.1) is 5.92 Å². The van der Waals surface area contributed by atoms with E-state index in [2.05, 4.69) is 28.1 Å². The minimum Gasteiger partial charge on any atom is -0.322 e. The molecule has 1 aliphatic heterocycles. The molecule has 32 heavy (non-hydrogen) atoms. The number of fused-ring (bicyclic) bond motifs is 2. The second-order valence-corrected chi connectivity index (χ2v) is 9.26. The van der Waals surface area contributed by atoms with Crippen molar-refractivity contribution in [3.05, 3.63) is 59.8 Å². The summed E-state index contributed by atoms with van der Waals surface area (Å²) in [7, 11) is 0. The number of aromatic nitrogens is 2. The molecule has 7 heteroatoms. The van der Waals surface area contributed by atoms with Crippen molar-refractivity contribution in [2.75, 3.05) is 5.32 Å². The van der Waals surface area contributed by atoms with E-state index in [-0.39, 0.29) is 30.2 Å². The number of carbonyl (C=O) groups excluding carboxylic acids is 2. The third kappa shape index (κ3) is 3.56. The van der Waals surface area contributed by atoms with Crippen LogP contribution >= 0.6 is 0 Å². The van der Waals surface area contributed by atoms with Crippen molar-refractivity contribution >= 4 is 28.4 Å². The minimum atomic E-state index is -0.442. The molecule has 2 heterocycles. The summed E-state index contributed by atoms with van der Waals surface area (Å²) >= 11 is 0. The molecule has 1 saturated heterocycles. The summed E-state index contributed by atoms with van der Waals surface area (Å²) in [5, 5.41) is 16.7. The molecular weight excluding hydrogens is 402 g/mol. The zero-order valence-corrected chi connectivity index (χ0v) is 17.9. The average molecular weight is 430 g/mol. The fourth-order valence-electron chi connectivity index (χ4n) is 5.18. The molecule has 0 radical (unpaired) electrons. The maximum Gasteiger partial charge on any atom is 0.229 e. The molecule has 2 amide bonds. The van der Waals surface area contributed by atoms with Gasteiger partial charge in [0.25, 0.3) is 0 Å². The summed E-state index contributed by atoms with van der Waals surface area (Å²) in [5.74, 6) is 1.10. The highest BCUT2D eigenvalue weighted by atomic mass is 16.2. The van der Waals surface area contributed by atoms with Gasteiger partial charge in [-0.15, -0.1) is 0 Å². The molecule has 3 fully saturated rings. The maximum absolute atomic E-state index is 13.0. The first-order valence-electron chi connectivity index (χ1n) is 11.6. The Balaban J connectivity index is 1.25. The molecule has 1 aromatic heterocycles. The average Bonchev–Trinajstić information content (AvgIpc) is 3.38. The number of amides is 2. The van der Waals surface area contributed by atoms with Gasteiger partial charge in [0.1, 0.15) is 5.82 Å². The lowest BCUT2D eigenvalue weighted by Gasteiger charge is -2.34. The summed E-state index contributed by atoms with van der Waals surface area (Å²) in [6.45, 7) is 0. The van der Waals surface area contributed by atoms with Crippen LogP contribution in [0.25, 0.3) is 10.8 Å². The smallest absolute Gasteiger partial charge is 0.229 e. The van der Waals surface area contributed by atoms with E-state index in [4.69, 9.17) is 5.10 Å². The van der Waals surface area contributed by atoms with Crippen LogP contribution in [0.2, 0.25) is 0 Å². The van der Waals surface area contributed by atoms with Crippen molar-refractivity contribution in [2.24, 2.45) is 5.92 Å².